The fourth-order valence-corrected chi connectivity index (χ4v) is 4.76. The Kier molecular flexibility index (Phi) is 6.81. The summed E-state index contributed by atoms with van der Waals surface area (Å²) in [6, 6.07) is 8.50. The number of rotatable bonds is 6. The van der Waals surface area contributed by atoms with E-state index in [-0.39, 0.29) is 22.4 Å². The van der Waals surface area contributed by atoms with Crippen molar-refractivity contribution in [2.24, 2.45) is 0 Å². The lowest BCUT2D eigenvalue weighted by atomic mass is 10.2. The number of carbonyl (C=O) groups excluding carboxylic acids is 1. The van der Waals surface area contributed by atoms with Crippen molar-refractivity contribution in [3.63, 3.8) is 0 Å². The summed E-state index contributed by atoms with van der Waals surface area (Å²) in [6.07, 6.45) is -2.86. The monoisotopic (exact) mass is 489 g/mol. The normalized spacial score (nSPS) is 16.1. The molecule has 1 aliphatic rings. The molecule has 4 rings (SSSR count). The third kappa shape index (κ3) is 4.88. The second-order valence-electron chi connectivity index (χ2n) is 8.00. The number of hydrogen-bond acceptors (Lipinski definition) is 6. The molecule has 3 heterocycles. The number of nitrogens with one attached hydrogen (secondary N) is 1. The van der Waals surface area contributed by atoms with Crippen LogP contribution >= 0.6 is 11.8 Å². The second-order valence-corrected chi connectivity index (χ2v) is 8.96. The molecule has 1 fully saturated rings. The van der Waals surface area contributed by atoms with Crippen LogP contribution in [0.25, 0.3) is 10.9 Å². The number of nitriles is 1. The zero-order valence-corrected chi connectivity index (χ0v) is 19.4. The zero-order chi connectivity index (χ0) is 24.5. The Bertz CT molecular complexity index is 1280. The number of hydrogen-bond donors (Lipinski definition) is 1. The van der Waals surface area contributed by atoms with Crippen LogP contribution in [-0.4, -0.2) is 38.9 Å². The van der Waals surface area contributed by atoms with Crippen molar-refractivity contribution in [2.45, 2.75) is 50.5 Å². The molecule has 0 bridgehead atoms. The van der Waals surface area contributed by atoms with Gasteiger partial charge in [-0.2, -0.15) is 18.4 Å². The minimum absolute atomic E-state index is 0.00440. The summed E-state index contributed by atoms with van der Waals surface area (Å²) in [6.45, 7) is 4.88. The molecule has 1 aliphatic heterocycles. The molecule has 0 radical (unpaired) electrons. The molecule has 34 heavy (non-hydrogen) atoms. The molecule has 11 heteroatoms. The number of alkyl halides is 3. The average molecular weight is 490 g/mol. The molecule has 0 spiro atoms. The van der Waals surface area contributed by atoms with Gasteiger partial charge in [-0.3, -0.25) is 4.79 Å². The smallest absolute Gasteiger partial charge is 0.376 e. The Hall–Kier alpha value is -3.10. The third-order valence-electron chi connectivity index (χ3n) is 5.77. The highest BCUT2D eigenvalue weighted by Crippen LogP contribution is 2.33. The van der Waals surface area contributed by atoms with E-state index in [1.54, 1.807) is 18.2 Å². The molecule has 1 N–H and O–H groups in total. The second kappa shape index (κ2) is 9.64. The van der Waals surface area contributed by atoms with Crippen molar-refractivity contribution in [3.8, 4) is 6.07 Å². The van der Waals surface area contributed by atoms with Gasteiger partial charge in [0.2, 0.25) is 11.7 Å². The standard InChI is InChI=1S/C23H22F3N5O2S/c1-13-14(2)31(11-15-6-5-9-33-15)20(17(13)10-27)29-19(32)12-34-21-16-7-3-4-8-18(16)28-22(30-21)23(24,25)26/h3-4,7-8,15H,5-6,9,11-12H2,1-2H3,(H,29,32)/t15-/m0/s1. The highest BCUT2D eigenvalue weighted by atomic mass is 32.2. The van der Waals surface area contributed by atoms with E-state index in [0.29, 0.717) is 29.9 Å². The van der Waals surface area contributed by atoms with E-state index in [4.69, 9.17) is 4.74 Å². The molecule has 0 aliphatic carbocycles. The van der Waals surface area contributed by atoms with Crippen molar-refractivity contribution < 1.29 is 22.7 Å². The third-order valence-corrected chi connectivity index (χ3v) is 6.76. The number of aromatic nitrogens is 3. The summed E-state index contributed by atoms with van der Waals surface area (Å²) in [7, 11) is 0. The molecular formula is C23H22F3N5O2S. The average Bonchev–Trinajstić information content (AvgIpc) is 3.39. The first-order valence-electron chi connectivity index (χ1n) is 10.7. The van der Waals surface area contributed by atoms with Crippen LogP contribution in [0.2, 0.25) is 0 Å². The minimum Gasteiger partial charge on any atom is -0.376 e. The molecule has 7 nitrogen and oxygen atoms in total. The number of fused-ring (bicyclic) bond motifs is 1. The van der Waals surface area contributed by atoms with Crippen LogP contribution in [0.5, 0.6) is 0 Å². The number of carbonyl (C=O) groups is 1. The van der Waals surface area contributed by atoms with Crippen LogP contribution in [0.4, 0.5) is 19.0 Å². The van der Waals surface area contributed by atoms with Crippen molar-refractivity contribution in [1.29, 1.82) is 5.26 Å². The van der Waals surface area contributed by atoms with Crippen LogP contribution in [0.1, 0.15) is 35.5 Å². The molecule has 0 unspecified atom stereocenters. The van der Waals surface area contributed by atoms with Gasteiger partial charge in [-0.25, -0.2) is 9.97 Å². The quantitative estimate of drug-likeness (QED) is 0.393. The molecule has 3 aromatic rings. The van der Waals surface area contributed by atoms with E-state index >= 15 is 0 Å². The Morgan fingerprint density at radius 1 is 1.32 bits per heavy atom. The van der Waals surface area contributed by atoms with Gasteiger partial charge in [0, 0.05) is 17.7 Å². The van der Waals surface area contributed by atoms with Crippen LogP contribution in [0.15, 0.2) is 29.3 Å². The summed E-state index contributed by atoms with van der Waals surface area (Å²) < 4.78 is 47.4. The van der Waals surface area contributed by atoms with Crippen molar-refractivity contribution in [3.05, 3.63) is 46.9 Å². The van der Waals surface area contributed by atoms with Crippen LogP contribution < -0.4 is 5.32 Å². The molecule has 2 aromatic heterocycles. The maximum Gasteiger partial charge on any atom is 0.451 e. The SMILES string of the molecule is Cc1c(C#N)c(NC(=O)CSc2nc(C(F)(F)F)nc3ccccc23)n(C[C@@H]2CCCO2)c1C. The predicted molar refractivity (Wildman–Crippen MR) is 121 cm³/mol. The number of anilines is 1. The summed E-state index contributed by atoms with van der Waals surface area (Å²) in [4.78, 5) is 20.1. The van der Waals surface area contributed by atoms with Gasteiger partial charge >= 0.3 is 6.18 Å². The first-order valence-corrected chi connectivity index (χ1v) is 11.7. The van der Waals surface area contributed by atoms with Gasteiger partial charge in [0.1, 0.15) is 16.9 Å². The van der Waals surface area contributed by atoms with Gasteiger partial charge in [0.25, 0.3) is 0 Å². The number of amides is 1. The van der Waals surface area contributed by atoms with Crippen LogP contribution in [0, 0.1) is 25.2 Å². The number of benzene rings is 1. The number of nitrogens with zero attached hydrogens (tertiary/aromatic N) is 4. The first kappa shape index (κ1) is 24.0. The van der Waals surface area contributed by atoms with Crippen LogP contribution in [0.3, 0.4) is 0 Å². The van der Waals surface area contributed by atoms with Gasteiger partial charge in [-0.15, -0.1) is 0 Å². The van der Waals surface area contributed by atoms with Crippen LogP contribution in [-0.2, 0) is 22.3 Å². The summed E-state index contributed by atoms with van der Waals surface area (Å²) in [5.41, 5.74) is 2.13. The number of thioether (sulfide) groups is 1. The Balaban J connectivity index is 1.57. The van der Waals surface area contributed by atoms with E-state index < -0.39 is 17.9 Å². The van der Waals surface area contributed by atoms with Gasteiger partial charge in [-0.1, -0.05) is 30.0 Å². The fourth-order valence-electron chi connectivity index (χ4n) is 3.94. The highest BCUT2D eigenvalue weighted by molar-refractivity contribution is 8.00. The predicted octanol–water partition coefficient (Wildman–Crippen LogP) is 4.85. The van der Waals surface area contributed by atoms with E-state index in [1.807, 2.05) is 18.4 Å². The number of ether oxygens (including phenoxy) is 1. The van der Waals surface area contributed by atoms with E-state index in [9.17, 15) is 23.2 Å². The molecule has 1 aromatic carbocycles. The molecule has 0 saturated carbocycles. The molecule has 1 atom stereocenters. The highest BCUT2D eigenvalue weighted by Gasteiger charge is 2.35. The summed E-state index contributed by atoms with van der Waals surface area (Å²) in [5.74, 6) is -1.52. The Morgan fingerprint density at radius 2 is 2.09 bits per heavy atom. The van der Waals surface area contributed by atoms with E-state index in [2.05, 4.69) is 21.4 Å². The minimum atomic E-state index is -4.71. The summed E-state index contributed by atoms with van der Waals surface area (Å²) >= 11 is 0.891. The molecule has 1 saturated heterocycles. The molecule has 1 amide bonds. The Labute approximate surface area is 198 Å². The topological polar surface area (TPSA) is 92.8 Å². The zero-order valence-electron chi connectivity index (χ0n) is 18.6. The molecular weight excluding hydrogens is 467 g/mol. The van der Waals surface area contributed by atoms with Crippen molar-refractivity contribution in [1.82, 2.24) is 14.5 Å². The van der Waals surface area contributed by atoms with Gasteiger partial charge in [0.05, 0.1) is 29.5 Å². The maximum absolute atomic E-state index is 13.3. The Morgan fingerprint density at radius 3 is 2.76 bits per heavy atom. The van der Waals surface area contributed by atoms with E-state index in [0.717, 1.165) is 35.9 Å². The fraction of sp³-hybridized carbons (Fsp3) is 0.391. The number of halogens is 3. The lowest BCUT2D eigenvalue weighted by molar-refractivity contribution is -0.145. The lowest BCUT2D eigenvalue weighted by Gasteiger charge is -2.17. The first-order chi connectivity index (χ1) is 16.2. The maximum atomic E-state index is 13.3. The number of para-hydroxylation sites is 1. The lowest BCUT2D eigenvalue weighted by Crippen LogP contribution is -2.22. The summed E-state index contributed by atoms with van der Waals surface area (Å²) in [5, 5.41) is 13.0. The van der Waals surface area contributed by atoms with E-state index in [1.165, 1.54) is 6.07 Å². The molecule has 178 valence electrons. The van der Waals surface area contributed by atoms with Gasteiger partial charge < -0.3 is 14.6 Å². The van der Waals surface area contributed by atoms with Crippen molar-refractivity contribution >= 4 is 34.4 Å². The van der Waals surface area contributed by atoms with Gasteiger partial charge in [-0.05, 0) is 38.3 Å². The van der Waals surface area contributed by atoms with Gasteiger partial charge in [0.15, 0.2) is 0 Å². The van der Waals surface area contributed by atoms with Crippen molar-refractivity contribution in [2.75, 3.05) is 17.7 Å². The largest absolute Gasteiger partial charge is 0.451 e.